The summed E-state index contributed by atoms with van der Waals surface area (Å²) in [7, 11) is 1.84. The summed E-state index contributed by atoms with van der Waals surface area (Å²) in [6.07, 6.45) is 1.60. The molecule has 0 bridgehead atoms. The Morgan fingerprint density at radius 2 is 1.73 bits per heavy atom. The third-order valence-corrected chi connectivity index (χ3v) is 8.03. The maximum Gasteiger partial charge on any atom is 0.259 e. The van der Waals surface area contributed by atoms with Crippen LogP contribution in [0, 0.1) is 5.82 Å². The second kappa shape index (κ2) is 10.6. The molecule has 2 aliphatic rings. The maximum absolute atomic E-state index is 16.0. The van der Waals surface area contributed by atoms with Crippen LogP contribution in [-0.4, -0.2) is 79.8 Å². The van der Waals surface area contributed by atoms with Gasteiger partial charge in [0.1, 0.15) is 16.8 Å². The molecule has 1 amide bonds. The fourth-order valence-corrected chi connectivity index (χ4v) is 5.68. The predicted molar refractivity (Wildman–Crippen MR) is 155 cm³/mol. The van der Waals surface area contributed by atoms with Gasteiger partial charge in [0.05, 0.1) is 24.3 Å². The predicted octanol–water partition coefficient (Wildman–Crippen LogP) is 4.64. The number of likely N-dealkylation sites (N-methyl/N-ethyl adjacent to an activating group) is 2. The molecule has 208 valence electrons. The number of halogens is 1. The number of benzene rings is 3. The first-order valence-electron chi connectivity index (χ1n) is 13.8. The Balaban J connectivity index is 1.58. The largest absolute Gasteiger partial charge is 0.451 e. The first-order chi connectivity index (χ1) is 19.4. The summed E-state index contributed by atoms with van der Waals surface area (Å²) in [6, 6.07) is 13.1. The topological polar surface area (TPSA) is 67.2 Å². The molecule has 9 heteroatoms. The molecule has 0 unspecified atom stereocenters. The Morgan fingerprint density at radius 3 is 2.42 bits per heavy atom. The number of rotatable bonds is 7. The first-order valence-corrected chi connectivity index (χ1v) is 13.8. The maximum atomic E-state index is 16.0. The third-order valence-electron chi connectivity index (χ3n) is 8.03. The van der Waals surface area contributed by atoms with E-state index in [2.05, 4.69) is 18.7 Å². The van der Waals surface area contributed by atoms with Crippen molar-refractivity contribution >= 4 is 33.3 Å². The number of carbonyl (C=O) groups excluding carboxylic acids is 1. The van der Waals surface area contributed by atoms with Gasteiger partial charge in [0, 0.05) is 39.4 Å². The van der Waals surface area contributed by atoms with E-state index in [1.54, 1.807) is 11.1 Å². The highest BCUT2D eigenvalue weighted by molar-refractivity contribution is 6.02. The van der Waals surface area contributed by atoms with Crippen LogP contribution in [0.1, 0.15) is 24.2 Å². The zero-order valence-electron chi connectivity index (χ0n) is 23.1. The number of amides is 1. The molecule has 1 aromatic heterocycles. The molecule has 0 spiro atoms. The molecule has 0 N–H and O–H groups in total. The highest BCUT2D eigenvalue weighted by Crippen LogP contribution is 2.47. The van der Waals surface area contributed by atoms with E-state index in [0.29, 0.717) is 55.5 Å². The quantitative estimate of drug-likeness (QED) is 0.298. The molecule has 0 saturated carbocycles. The van der Waals surface area contributed by atoms with Crippen molar-refractivity contribution in [2.24, 2.45) is 0 Å². The van der Waals surface area contributed by atoms with Crippen LogP contribution in [0.25, 0.3) is 27.4 Å². The van der Waals surface area contributed by atoms with Gasteiger partial charge in [0.25, 0.3) is 5.91 Å². The van der Waals surface area contributed by atoms with Crippen LogP contribution in [0.5, 0.6) is 11.5 Å². The number of ether oxygens (including phenoxy) is 2. The molecule has 4 aromatic rings. The lowest BCUT2D eigenvalue weighted by atomic mass is 10.0. The molecule has 3 heterocycles. The van der Waals surface area contributed by atoms with Gasteiger partial charge >= 0.3 is 0 Å². The van der Waals surface area contributed by atoms with Crippen molar-refractivity contribution < 1.29 is 18.7 Å². The molecule has 1 saturated heterocycles. The standard InChI is InChI=1S/C31H33FN4O4/c1-4-34(5-2)11-10-33(3)28-24(32)18-22-27-30(28)40-26-17-21-9-7-6-8-20(21)16-25(26)36(27)19-23(29(22)37)31(38)35-12-14-39-15-13-35/h6-9,16-19H,4-5,10-15H2,1-3H3. The minimum atomic E-state index is -0.562. The summed E-state index contributed by atoms with van der Waals surface area (Å²) in [4.78, 5) is 33.0. The number of nitrogens with zero attached hydrogens (tertiary/aromatic N) is 4. The van der Waals surface area contributed by atoms with Crippen molar-refractivity contribution in [1.82, 2.24) is 14.4 Å². The second-order valence-electron chi connectivity index (χ2n) is 10.3. The van der Waals surface area contributed by atoms with Gasteiger partial charge in [-0.3, -0.25) is 9.59 Å². The van der Waals surface area contributed by atoms with Crippen molar-refractivity contribution in [3.8, 4) is 17.2 Å². The highest BCUT2D eigenvalue weighted by Gasteiger charge is 2.31. The highest BCUT2D eigenvalue weighted by atomic mass is 19.1. The molecule has 0 aliphatic carbocycles. The summed E-state index contributed by atoms with van der Waals surface area (Å²) in [6.45, 7) is 8.95. The Morgan fingerprint density at radius 1 is 1.02 bits per heavy atom. The van der Waals surface area contributed by atoms with Gasteiger partial charge in [0.15, 0.2) is 17.3 Å². The lowest BCUT2D eigenvalue weighted by Crippen LogP contribution is -2.42. The summed E-state index contributed by atoms with van der Waals surface area (Å²) in [5.74, 6) is -0.129. The SMILES string of the molecule is CCN(CC)CCN(C)c1c(F)cc2c(=O)c(C(=O)N3CCOCC3)cn3c2c1Oc1cc2ccccc2cc1-3. The van der Waals surface area contributed by atoms with Gasteiger partial charge < -0.3 is 28.7 Å². The fraction of sp³-hybridized carbons (Fsp3) is 0.355. The number of hydrogen-bond donors (Lipinski definition) is 0. The Kier molecular flexibility index (Phi) is 6.93. The minimum Gasteiger partial charge on any atom is -0.451 e. The van der Waals surface area contributed by atoms with E-state index in [0.717, 1.165) is 30.4 Å². The second-order valence-corrected chi connectivity index (χ2v) is 10.3. The van der Waals surface area contributed by atoms with E-state index in [-0.39, 0.29) is 22.6 Å². The fourth-order valence-electron chi connectivity index (χ4n) is 5.68. The van der Waals surface area contributed by atoms with Crippen molar-refractivity contribution in [2.75, 3.05) is 64.4 Å². The van der Waals surface area contributed by atoms with E-state index in [1.165, 1.54) is 6.07 Å². The molecule has 1 fully saturated rings. The lowest BCUT2D eigenvalue weighted by Gasteiger charge is -2.31. The Hall–Kier alpha value is -3.95. The number of hydrogen-bond acceptors (Lipinski definition) is 6. The molecule has 2 aliphatic heterocycles. The van der Waals surface area contributed by atoms with Gasteiger partial charge in [-0.25, -0.2) is 4.39 Å². The monoisotopic (exact) mass is 544 g/mol. The molecule has 6 rings (SSSR count). The van der Waals surface area contributed by atoms with Gasteiger partial charge in [0.2, 0.25) is 5.43 Å². The number of carbonyl (C=O) groups is 1. The van der Waals surface area contributed by atoms with Gasteiger partial charge in [-0.05, 0) is 42.1 Å². The number of aromatic nitrogens is 1. The van der Waals surface area contributed by atoms with Crippen molar-refractivity contribution in [1.29, 1.82) is 0 Å². The molecular formula is C31H33FN4O4. The van der Waals surface area contributed by atoms with Crippen LogP contribution in [0.2, 0.25) is 0 Å². The summed E-state index contributed by atoms with van der Waals surface area (Å²) >= 11 is 0. The van der Waals surface area contributed by atoms with E-state index in [9.17, 15) is 9.59 Å². The molecule has 0 radical (unpaired) electrons. The number of morpholine rings is 1. The smallest absolute Gasteiger partial charge is 0.259 e. The Labute approximate surface area is 232 Å². The zero-order chi connectivity index (χ0) is 28.0. The third kappa shape index (κ3) is 4.39. The normalized spacial score (nSPS) is 14.5. The zero-order valence-corrected chi connectivity index (χ0v) is 23.1. The van der Waals surface area contributed by atoms with Crippen molar-refractivity contribution in [3.63, 3.8) is 0 Å². The average molecular weight is 545 g/mol. The molecular weight excluding hydrogens is 511 g/mol. The number of fused-ring (bicyclic) bond motifs is 3. The summed E-state index contributed by atoms with van der Waals surface area (Å²) in [5, 5.41) is 2.07. The number of anilines is 1. The van der Waals surface area contributed by atoms with Crippen LogP contribution in [0.3, 0.4) is 0 Å². The van der Waals surface area contributed by atoms with Crippen molar-refractivity contribution in [3.05, 3.63) is 70.3 Å². The molecule has 0 atom stereocenters. The number of pyridine rings is 1. The molecule has 40 heavy (non-hydrogen) atoms. The van der Waals surface area contributed by atoms with E-state index in [4.69, 9.17) is 9.47 Å². The lowest BCUT2D eigenvalue weighted by molar-refractivity contribution is 0.0302. The van der Waals surface area contributed by atoms with Crippen LogP contribution in [0.4, 0.5) is 10.1 Å². The van der Waals surface area contributed by atoms with E-state index < -0.39 is 11.2 Å². The van der Waals surface area contributed by atoms with E-state index >= 15 is 4.39 Å². The summed E-state index contributed by atoms with van der Waals surface area (Å²) < 4.78 is 29.6. The van der Waals surface area contributed by atoms with Crippen LogP contribution in [-0.2, 0) is 4.74 Å². The minimum absolute atomic E-state index is 0.00315. The average Bonchev–Trinajstić information content (AvgIpc) is 2.98. The van der Waals surface area contributed by atoms with Gasteiger partial charge in [-0.1, -0.05) is 38.1 Å². The van der Waals surface area contributed by atoms with Crippen molar-refractivity contribution in [2.45, 2.75) is 13.8 Å². The Bertz CT molecular complexity index is 1670. The van der Waals surface area contributed by atoms with Crippen LogP contribution in [0.15, 0.2) is 53.5 Å². The van der Waals surface area contributed by atoms with Gasteiger partial charge in [-0.15, -0.1) is 0 Å². The van der Waals surface area contributed by atoms with Crippen LogP contribution < -0.4 is 15.1 Å². The molecule has 3 aromatic carbocycles. The van der Waals surface area contributed by atoms with Crippen LogP contribution >= 0.6 is 0 Å². The first kappa shape index (κ1) is 26.3. The molecule has 8 nitrogen and oxygen atoms in total. The van der Waals surface area contributed by atoms with E-state index in [1.807, 2.05) is 52.9 Å². The van der Waals surface area contributed by atoms with Gasteiger partial charge in [-0.2, -0.15) is 0 Å². The summed E-state index contributed by atoms with van der Waals surface area (Å²) in [5.41, 5.74) is 0.934.